The van der Waals surface area contributed by atoms with Gasteiger partial charge in [-0.15, -0.1) is 0 Å². The molecule has 196 valence electrons. The van der Waals surface area contributed by atoms with Crippen molar-refractivity contribution < 1.29 is 30.0 Å². The van der Waals surface area contributed by atoms with Crippen LogP contribution in [0, 0.1) is 5.92 Å². The first-order valence-corrected chi connectivity index (χ1v) is 12.7. The van der Waals surface area contributed by atoms with Crippen LogP contribution in [0.15, 0.2) is 97.1 Å². The molecule has 0 saturated carbocycles. The third-order valence-electron chi connectivity index (χ3n) is 6.82. The summed E-state index contributed by atoms with van der Waals surface area (Å²) in [6.45, 7) is 0. The number of aromatic hydroxyl groups is 4. The van der Waals surface area contributed by atoms with Gasteiger partial charge in [-0.2, -0.15) is 0 Å². The molecular formula is C33H28O6. The predicted octanol–water partition coefficient (Wildman–Crippen LogP) is 6.80. The molecule has 1 heterocycles. The number of carbonyl (C=O) groups excluding carboxylic acids is 1. The summed E-state index contributed by atoms with van der Waals surface area (Å²) < 4.78 is 6.43. The Morgan fingerprint density at radius 3 is 2.13 bits per heavy atom. The molecule has 6 nitrogen and oxygen atoms in total. The highest BCUT2D eigenvalue weighted by Gasteiger charge is 2.36. The Balaban J connectivity index is 1.50. The van der Waals surface area contributed by atoms with E-state index in [2.05, 4.69) is 0 Å². The molecule has 4 N–H and O–H groups in total. The van der Waals surface area contributed by atoms with Crippen molar-refractivity contribution in [2.45, 2.75) is 18.9 Å². The molecule has 1 aliphatic rings. The number of phenolic OH excluding ortho intramolecular Hbond substituents is 4. The standard InChI is InChI=1S/C33H28O6/c34-25-14-9-22(10-15-25)7-4-8-24-19-27-29(37)20-30(38)31(28(36)18-11-21-5-2-1-3-6-21)33(27)39-32(24)23-12-16-26(35)17-13-23/h1-7,9-18,20,24,32,34-35,37-38H,8,19H2/b7-4+,18-11+/t24-,32+/m0/s1. The first kappa shape index (κ1) is 25.7. The predicted molar refractivity (Wildman–Crippen MR) is 150 cm³/mol. The van der Waals surface area contributed by atoms with Crippen LogP contribution >= 0.6 is 0 Å². The van der Waals surface area contributed by atoms with Crippen molar-refractivity contribution in [1.82, 2.24) is 0 Å². The number of fused-ring (bicyclic) bond motifs is 1. The third kappa shape index (κ3) is 5.80. The average Bonchev–Trinajstić information content (AvgIpc) is 2.94. The molecule has 5 rings (SSSR count). The number of allylic oxidation sites excluding steroid dienone is 2. The molecule has 0 unspecified atom stereocenters. The Morgan fingerprint density at radius 2 is 1.44 bits per heavy atom. The van der Waals surface area contributed by atoms with Crippen molar-refractivity contribution in [1.29, 1.82) is 0 Å². The van der Waals surface area contributed by atoms with Crippen LogP contribution in [0.4, 0.5) is 0 Å². The minimum atomic E-state index is -0.506. The van der Waals surface area contributed by atoms with E-state index in [4.69, 9.17) is 4.74 Å². The fourth-order valence-corrected chi connectivity index (χ4v) is 4.83. The Bertz CT molecular complexity index is 1520. The first-order chi connectivity index (χ1) is 18.9. The molecule has 6 heteroatoms. The van der Waals surface area contributed by atoms with Crippen LogP contribution in [0.5, 0.6) is 28.7 Å². The number of carbonyl (C=O) groups is 1. The smallest absolute Gasteiger partial charge is 0.193 e. The molecular weight excluding hydrogens is 492 g/mol. The highest BCUT2D eigenvalue weighted by atomic mass is 16.5. The lowest BCUT2D eigenvalue weighted by molar-refractivity contribution is 0.0982. The van der Waals surface area contributed by atoms with E-state index >= 15 is 0 Å². The minimum Gasteiger partial charge on any atom is -0.508 e. The molecule has 0 amide bonds. The van der Waals surface area contributed by atoms with Gasteiger partial charge in [0.05, 0.1) is 0 Å². The normalized spacial score (nSPS) is 16.7. The van der Waals surface area contributed by atoms with Gasteiger partial charge in [-0.05, 0) is 59.9 Å². The molecule has 2 atom stereocenters. The fourth-order valence-electron chi connectivity index (χ4n) is 4.83. The number of ether oxygens (including phenoxy) is 1. The minimum absolute atomic E-state index is 0.00292. The van der Waals surface area contributed by atoms with Crippen LogP contribution in [0.25, 0.3) is 12.2 Å². The molecule has 0 saturated heterocycles. The van der Waals surface area contributed by atoms with E-state index in [1.165, 1.54) is 12.1 Å². The van der Waals surface area contributed by atoms with Crippen molar-refractivity contribution in [3.63, 3.8) is 0 Å². The van der Waals surface area contributed by atoms with Crippen LogP contribution < -0.4 is 4.74 Å². The largest absolute Gasteiger partial charge is 0.508 e. The second-order valence-electron chi connectivity index (χ2n) is 9.53. The van der Waals surface area contributed by atoms with Gasteiger partial charge in [-0.1, -0.05) is 72.8 Å². The SMILES string of the molecule is O=C(/C=C/c1ccccc1)c1c(O)cc(O)c2c1O[C@H](c1ccc(O)cc1)[C@@H](C/C=C/c1ccc(O)cc1)C2. The first-order valence-electron chi connectivity index (χ1n) is 12.7. The maximum absolute atomic E-state index is 13.3. The van der Waals surface area contributed by atoms with Crippen LogP contribution in [0.2, 0.25) is 0 Å². The molecule has 0 bridgehead atoms. The van der Waals surface area contributed by atoms with E-state index in [1.54, 1.807) is 42.5 Å². The fraction of sp³-hybridized carbons (Fsp3) is 0.121. The average molecular weight is 521 g/mol. The van der Waals surface area contributed by atoms with E-state index in [9.17, 15) is 25.2 Å². The van der Waals surface area contributed by atoms with Gasteiger partial charge in [0.15, 0.2) is 5.78 Å². The number of hydrogen-bond acceptors (Lipinski definition) is 6. The Morgan fingerprint density at radius 1 is 0.795 bits per heavy atom. The molecule has 0 aliphatic carbocycles. The summed E-state index contributed by atoms with van der Waals surface area (Å²) in [5.74, 6) is -0.578. The van der Waals surface area contributed by atoms with Crippen LogP contribution in [-0.4, -0.2) is 26.2 Å². The van der Waals surface area contributed by atoms with E-state index < -0.39 is 11.9 Å². The summed E-state index contributed by atoms with van der Waals surface area (Å²) in [4.78, 5) is 13.3. The Kier molecular flexibility index (Phi) is 7.37. The summed E-state index contributed by atoms with van der Waals surface area (Å²) in [5, 5.41) is 40.8. The maximum atomic E-state index is 13.3. The lowest BCUT2D eigenvalue weighted by Crippen LogP contribution is -2.27. The summed E-state index contributed by atoms with van der Waals surface area (Å²) in [6, 6.07) is 24.1. The number of ketones is 1. The second kappa shape index (κ2) is 11.2. The summed E-state index contributed by atoms with van der Waals surface area (Å²) in [7, 11) is 0. The monoisotopic (exact) mass is 520 g/mol. The van der Waals surface area contributed by atoms with Crippen molar-refractivity contribution in [2.24, 2.45) is 5.92 Å². The third-order valence-corrected chi connectivity index (χ3v) is 6.82. The van der Waals surface area contributed by atoms with Crippen molar-refractivity contribution in [3.05, 3.63) is 125 Å². The second-order valence-corrected chi connectivity index (χ2v) is 9.53. The van der Waals surface area contributed by atoms with Gasteiger partial charge in [0.2, 0.25) is 0 Å². The maximum Gasteiger partial charge on any atom is 0.193 e. The van der Waals surface area contributed by atoms with E-state index in [1.807, 2.05) is 54.6 Å². The van der Waals surface area contributed by atoms with Crippen LogP contribution in [0.3, 0.4) is 0 Å². The molecule has 0 fully saturated rings. The molecule has 4 aromatic rings. The summed E-state index contributed by atoms with van der Waals surface area (Å²) in [6.07, 6.45) is 7.48. The number of phenols is 4. The van der Waals surface area contributed by atoms with Gasteiger partial charge in [0.25, 0.3) is 0 Å². The zero-order chi connectivity index (χ0) is 27.4. The van der Waals surface area contributed by atoms with Crippen molar-refractivity contribution >= 4 is 17.9 Å². The van der Waals surface area contributed by atoms with Gasteiger partial charge in [-0.25, -0.2) is 0 Å². The van der Waals surface area contributed by atoms with Gasteiger partial charge >= 0.3 is 0 Å². The summed E-state index contributed by atoms with van der Waals surface area (Å²) >= 11 is 0. The molecule has 0 spiro atoms. The van der Waals surface area contributed by atoms with E-state index in [0.717, 1.165) is 16.7 Å². The number of benzene rings is 4. The highest BCUT2D eigenvalue weighted by molar-refractivity contribution is 6.11. The van der Waals surface area contributed by atoms with Gasteiger partial charge < -0.3 is 25.2 Å². The zero-order valence-electron chi connectivity index (χ0n) is 21.1. The number of hydrogen-bond donors (Lipinski definition) is 4. The molecule has 4 aromatic carbocycles. The lowest BCUT2D eigenvalue weighted by Gasteiger charge is -2.35. The number of rotatable bonds is 7. The summed E-state index contributed by atoms with van der Waals surface area (Å²) in [5.41, 5.74) is 3.01. The highest BCUT2D eigenvalue weighted by Crippen LogP contribution is 2.48. The van der Waals surface area contributed by atoms with Crippen molar-refractivity contribution in [3.8, 4) is 28.7 Å². The van der Waals surface area contributed by atoms with Crippen LogP contribution in [-0.2, 0) is 6.42 Å². The van der Waals surface area contributed by atoms with Crippen LogP contribution in [0.1, 0.15) is 45.1 Å². The Labute approximate surface area is 226 Å². The molecule has 0 radical (unpaired) electrons. The quantitative estimate of drug-likeness (QED) is 0.158. The lowest BCUT2D eigenvalue weighted by atomic mass is 9.83. The molecule has 0 aromatic heterocycles. The van der Waals surface area contributed by atoms with Gasteiger partial charge in [0.1, 0.15) is 40.4 Å². The zero-order valence-corrected chi connectivity index (χ0v) is 21.1. The van der Waals surface area contributed by atoms with E-state index in [-0.39, 0.29) is 40.2 Å². The Hall–Kier alpha value is -4.97. The van der Waals surface area contributed by atoms with Gasteiger partial charge in [0, 0.05) is 17.5 Å². The topological polar surface area (TPSA) is 107 Å². The van der Waals surface area contributed by atoms with Crippen molar-refractivity contribution in [2.75, 3.05) is 0 Å². The molecule has 39 heavy (non-hydrogen) atoms. The van der Waals surface area contributed by atoms with E-state index in [0.29, 0.717) is 18.4 Å². The molecule has 1 aliphatic heterocycles. The van der Waals surface area contributed by atoms with Gasteiger partial charge in [-0.3, -0.25) is 4.79 Å².